The monoisotopic (exact) mass is 301 g/mol. The minimum atomic E-state index is 0.508. The molecule has 3 rings (SSSR count). The molecule has 0 aliphatic rings. The van der Waals surface area contributed by atoms with Gasteiger partial charge in [0.2, 0.25) is 5.95 Å². The predicted octanol–water partition coefficient (Wildman–Crippen LogP) is 4.14. The van der Waals surface area contributed by atoms with Crippen molar-refractivity contribution in [2.75, 3.05) is 10.6 Å². The molecule has 3 aromatic rings. The number of hydrogen-bond donors (Lipinski definition) is 2. The predicted molar refractivity (Wildman–Crippen MR) is 90.9 cm³/mol. The molecular weight excluding hydrogens is 286 g/mol. The number of benzene rings is 2. The van der Waals surface area contributed by atoms with Crippen molar-refractivity contribution < 1.29 is 0 Å². The molecule has 0 saturated heterocycles. The molecule has 0 spiro atoms. The Bertz CT molecular complexity index is 853. The summed E-state index contributed by atoms with van der Waals surface area (Å²) in [4.78, 5) is 8.84. The molecule has 5 heteroatoms. The Morgan fingerprint density at radius 2 is 1.65 bits per heavy atom. The van der Waals surface area contributed by atoms with Crippen molar-refractivity contribution in [2.45, 2.75) is 6.92 Å². The number of para-hydroxylation sites is 2. The third-order valence-electron chi connectivity index (χ3n) is 3.19. The molecule has 0 unspecified atom stereocenters. The highest BCUT2D eigenvalue weighted by Crippen LogP contribution is 2.21. The Labute approximate surface area is 134 Å². The zero-order valence-corrected chi connectivity index (χ0v) is 12.6. The number of hydrogen-bond acceptors (Lipinski definition) is 5. The summed E-state index contributed by atoms with van der Waals surface area (Å²) >= 11 is 0. The maximum absolute atomic E-state index is 9.17. The fraction of sp³-hybridized carbons (Fsp3) is 0.0556. The van der Waals surface area contributed by atoms with Crippen molar-refractivity contribution in [1.29, 1.82) is 5.26 Å². The van der Waals surface area contributed by atoms with Gasteiger partial charge in [0, 0.05) is 17.4 Å². The Morgan fingerprint density at radius 1 is 0.913 bits per heavy atom. The quantitative estimate of drug-likeness (QED) is 0.757. The van der Waals surface area contributed by atoms with Gasteiger partial charge in [-0.1, -0.05) is 30.3 Å². The SMILES string of the molecule is Cc1cc(Nc2ccccc2C#N)nc(Nc2ccccc2)n1. The van der Waals surface area contributed by atoms with Crippen LogP contribution in [0.25, 0.3) is 0 Å². The Hall–Kier alpha value is -3.39. The molecule has 0 amide bonds. The van der Waals surface area contributed by atoms with E-state index in [1.165, 1.54) is 0 Å². The molecule has 0 atom stereocenters. The first-order chi connectivity index (χ1) is 11.2. The van der Waals surface area contributed by atoms with Gasteiger partial charge < -0.3 is 10.6 Å². The maximum Gasteiger partial charge on any atom is 0.229 e. The third kappa shape index (κ3) is 3.63. The number of aryl methyl sites for hydroxylation is 1. The fourth-order valence-electron chi connectivity index (χ4n) is 2.17. The summed E-state index contributed by atoms with van der Waals surface area (Å²) in [6.45, 7) is 1.90. The highest BCUT2D eigenvalue weighted by atomic mass is 15.1. The van der Waals surface area contributed by atoms with Crippen LogP contribution in [0.2, 0.25) is 0 Å². The van der Waals surface area contributed by atoms with Crippen LogP contribution in [-0.4, -0.2) is 9.97 Å². The highest BCUT2D eigenvalue weighted by molar-refractivity contribution is 5.65. The van der Waals surface area contributed by atoms with E-state index in [1.807, 2.05) is 61.5 Å². The molecule has 23 heavy (non-hydrogen) atoms. The van der Waals surface area contributed by atoms with Crippen LogP contribution in [0.1, 0.15) is 11.3 Å². The first-order valence-corrected chi connectivity index (χ1v) is 7.18. The molecule has 0 radical (unpaired) electrons. The molecule has 0 bridgehead atoms. The lowest BCUT2D eigenvalue weighted by Gasteiger charge is -2.10. The van der Waals surface area contributed by atoms with Crippen LogP contribution in [0.3, 0.4) is 0 Å². The molecule has 112 valence electrons. The van der Waals surface area contributed by atoms with E-state index in [-0.39, 0.29) is 0 Å². The zero-order valence-electron chi connectivity index (χ0n) is 12.6. The van der Waals surface area contributed by atoms with Gasteiger partial charge >= 0.3 is 0 Å². The van der Waals surface area contributed by atoms with Crippen molar-refractivity contribution in [3.05, 3.63) is 71.9 Å². The molecule has 5 nitrogen and oxygen atoms in total. The molecule has 1 aromatic heterocycles. The van der Waals surface area contributed by atoms with E-state index in [0.717, 1.165) is 17.1 Å². The summed E-state index contributed by atoms with van der Waals surface area (Å²) in [6, 6.07) is 21.1. The number of aromatic nitrogens is 2. The van der Waals surface area contributed by atoms with Crippen molar-refractivity contribution in [1.82, 2.24) is 9.97 Å². The second-order valence-corrected chi connectivity index (χ2v) is 4.99. The molecule has 2 aromatic carbocycles. The summed E-state index contributed by atoms with van der Waals surface area (Å²) in [6.07, 6.45) is 0. The van der Waals surface area contributed by atoms with Crippen molar-refractivity contribution in [2.24, 2.45) is 0 Å². The van der Waals surface area contributed by atoms with Crippen molar-refractivity contribution in [3.63, 3.8) is 0 Å². The van der Waals surface area contributed by atoms with Gasteiger partial charge in [-0.25, -0.2) is 4.98 Å². The Kier molecular flexibility index (Phi) is 4.16. The Balaban J connectivity index is 1.87. The van der Waals surface area contributed by atoms with Gasteiger partial charge in [-0.2, -0.15) is 10.2 Å². The third-order valence-corrected chi connectivity index (χ3v) is 3.19. The van der Waals surface area contributed by atoms with E-state index >= 15 is 0 Å². The number of nitrogens with one attached hydrogen (secondary N) is 2. The van der Waals surface area contributed by atoms with E-state index in [4.69, 9.17) is 5.26 Å². The minimum Gasteiger partial charge on any atom is -0.339 e. The first kappa shape index (κ1) is 14.5. The average molecular weight is 301 g/mol. The van der Waals surface area contributed by atoms with Gasteiger partial charge in [0.05, 0.1) is 11.3 Å². The number of nitriles is 1. The summed E-state index contributed by atoms with van der Waals surface area (Å²) < 4.78 is 0. The summed E-state index contributed by atoms with van der Waals surface area (Å²) in [5, 5.41) is 15.5. The number of anilines is 4. The average Bonchev–Trinajstić information content (AvgIpc) is 2.56. The fourth-order valence-corrected chi connectivity index (χ4v) is 2.17. The number of rotatable bonds is 4. The van der Waals surface area contributed by atoms with Gasteiger partial charge in [0.15, 0.2) is 0 Å². The van der Waals surface area contributed by atoms with Crippen LogP contribution >= 0.6 is 0 Å². The topological polar surface area (TPSA) is 73.6 Å². The molecule has 0 saturated carbocycles. The second kappa shape index (κ2) is 6.58. The lowest BCUT2D eigenvalue weighted by molar-refractivity contribution is 1.11. The molecule has 0 aliphatic heterocycles. The van der Waals surface area contributed by atoms with Gasteiger partial charge in [0.1, 0.15) is 11.9 Å². The lowest BCUT2D eigenvalue weighted by atomic mass is 10.2. The molecule has 1 heterocycles. The van der Waals surface area contributed by atoms with Crippen LogP contribution in [-0.2, 0) is 0 Å². The molecule has 2 N–H and O–H groups in total. The van der Waals surface area contributed by atoms with Gasteiger partial charge in [-0.15, -0.1) is 0 Å². The van der Waals surface area contributed by atoms with Crippen LogP contribution in [0.4, 0.5) is 23.1 Å². The smallest absolute Gasteiger partial charge is 0.229 e. The normalized spacial score (nSPS) is 9.91. The van der Waals surface area contributed by atoms with E-state index in [2.05, 4.69) is 26.7 Å². The van der Waals surface area contributed by atoms with E-state index in [0.29, 0.717) is 17.3 Å². The molecule has 0 fully saturated rings. The van der Waals surface area contributed by atoms with Crippen LogP contribution < -0.4 is 10.6 Å². The molecule has 0 aliphatic carbocycles. The largest absolute Gasteiger partial charge is 0.339 e. The summed E-state index contributed by atoms with van der Waals surface area (Å²) in [5.41, 5.74) is 3.04. The highest BCUT2D eigenvalue weighted by Gasteiger charge is 2.06. The van der Waals surface area contributed by atoms with Gasteiger partial charge in [-0.3, -0.25) is 0 Å². The van der Waals surface area contributed by atoms with Crippen molar-refractivity contribution in [3.8, 4) is 6.07 Å². The minimum absolute atomic E-state index is 0.508. The standard InChI is InChI=1S/C18H15N5/c1-13-11-17(22-16-10-6-5-7-14(16)12-19)23-18(20-13)21-15-8-3-2-4-9-15/h2-11H,1H3,(H2,20,21,22,23). The first-order valence-electron chi connectivity index (χ1n) is 7.18. The van der Waals surface area contributed by atoms with Gasteiger partial charge in [-0.05, 0) is 31.2 Å². The van der Waals surface area contributed by atoms with E-state index in [9.17, 15) is 0 Å². The van der Waals surface area contributed by atoms with Crippen LogP contribution in [0.5, 0.6) is 0 Å². The number of nitrogens with zero attached hydrogens (tertiary/aromatic N) is 3. The molecular formula is C18H15N5. The summed E-state index contributed by atoms with van der Waals surface area (Å²) in [7, 11) is 0. The Morgan fingerprint density at radius 3 is 2.43 bits per heavy atom. The van der Waals surface area contributed by atoms with Crippen molar-refractivity contribution >= 4 is 23.1 Å². The lowest BCUT2D eigenvalue weighted by Crippen LogP contribution is -2.03. The van der Waals surface area contributed by atoms with E-state index < -0.39 is 0 Å². The van der Waals surface area contributed by atoms with Crippen LogP contribution in [0.15, 0.2) is 60.7 Å². The summed E-state index contributed by atoms with van der Waals surface area (Å²) in [5.74, 6) is 1.15. The van der Waals surface area contributed by atoms with E-state index in [1.54, 1.807) is 6.07 Å². The van der Waals surface area contributed by atoms with Crippen LogP contribution in [0, 0.1) is 18.3 Å². The second-order valence-electron chi connectivity index (χ2n) is 4.99. The maximum atomic E-state index is 9.17. The van der Waals surface area contributed by atoms with Gasteiger partial charge in [0.25, 0.3) is 0 Å². The zero-order chi connectivity index (χ0) is 16.1.